The lowest BCUT2D eigenvalue weighted by Gasteiger charge is -2.38. The maximum atomic E-state index is 11.3. The zero-order valence-corrected chi connectivity index (χ0v) is 20.4. The monoisotopic (exact) mass is 567 g/mol. The van der Waals surface area contributed by atoms with Gasteiger partial charge in [0.25, 0.3) is 0 Å². The van der Waals surface area contributed by atoms with Crippen molar-refractivity contribution in [3.63, 3.8) is 0 Å². The molecule has 2 atom stereocenters. The highest BCUT2D eigenvalue weighted by molar-refractivity contribution is 7.88. The summed E-state index contributed by atoms with van der Waals surface area (Å²) in [5.74, 6) is -5.51. The molecular formula is C20H27F6N3O7S. The van der Waals surface area contributed by atoms with Gasteiger partial charge in [-0.15, -0.1) is 0 Å². The summed E-state index contributed by atoms with van der Waals surface area (Å²) >= 11 is 0. The van der Waals surface area contributed by atoms with E-state index < -0.39 is 34.3 Å². The van der Waals surface area contributed by atoms with Crippen LogP contribution in [-0.2, 0) is 30.9 Å². The Morgan fingerprint density at radius 2 is 1.73 bits per heavy atom. The van der Waals surface area contributed by atoms with Crippen LogP contribution in [0.25, 0.3) is 0 Å². The molecule has 0 radical (unpaired) electrons. The number of ether oxygens (including phenoxy) is 1. The molecule has 1 aromatic rings. The Labute approximate surface area is 208 Å². The number of aromatic nitrogens is 1. The molecule has 10 nitrogen and oxygen atoms in total. The molecule has 2 fully saturated rings. The average molecular weight is 568 g/mol. The maximum absolute atomic E-state index is 11.3. The van der Waals surface area contributed by atoms with Crippen molar-refractivity contribution in [1.29, 1.82) is 0 Å². The van der Waals surface area contributed by atoms with E-state index >= 15 is 0 Å². The standard InChI is InChI=1S/C16H25N3O3S.2C2HF3O2/c1-23(20,21)18-11-15-5-2-6-16(22-15)7-9-19(13-16)12-14-4-3-8-17-10-14;2*3-2(4,5)1(6)7/h3-4,8,10,15,18H,2,5-7,9,11-13H2,1H3;2*(H,6,7)/t15-,16+;;/m0../s1. The van der Waals surface area contributed by atoms with Gasteiger partial charge in [-0.2, -0.15) is 26.3 Å². The highest BCUT2D eigenvalue weighted by atomic mass is 32.2. The van der Waals surface area contributed by atoms with Crippen LogP contribution >= 0.6 is 0 Å². The molecule has 3 N–H and O–H groups in total. The second-order valence-electron chi connectivity index (χ2n) is 8.36. The van der Waals surface area contributed by atoms with Gasteiger partial charge in [0.2, 0.25) is 10.0 Å². The lowest BCUT2D eigenvalue weighted by Crippen LogP contribution is -2.46. The van der Waals surface area contributed by atoms with Crippen molar-refractivity contribution in [1.82, 2.24) is 14.6 Å². The molecule has 17 heteroatoms. The summed E-state index contributed by atoms with van der Waals surface area (Å²) in [6.45, 7) is 3.20. The Hall–Kier alpha value is -2.50. The number of hydrogen-bond donors (Lipinski definition) is 3. The fraction of sp³-hybridized carbons (Fsp3) is 0.650. The highest BCUT2D eigenvalue weighted by Crippen LogP contribution is 2.37. The predicted octanol–water partition coefficient (Wildman–Crippen LogP) is 2.41. The predicted molar refractivity (Wildman–Crippen MR) is 116 cm³/mol. The number of likely N-dealkylation sites (tertiary alicyclic amines) is 1. The number of nitrogens with one attached hydrogen (secondary N) is 1. The van der Waals surface area contributed by atoms with E-state index in [0.717, 1.165) is 45.3 Å². The zero-order valence-electron chi connectivity index (χ0n) is 19.5. The largest absolute Gasteiger partial charge is 0.490 e. The van der Waals surface area contributed by atoms with Gasteiger partial charge in [-0.25, -0.2) is 22.7 Å². The number of halogens is 6. The summed E-state index contributed by atoms with van der Waals surface area (Å²) in [6.07, 6.45) is -1.20. The number of nitrogens with zero attached hydrogens (tertiary/aromatic N) is 2. The molecule has 212 valence electrons. The number of pyridine rings is 1. The number of hydrogen-bond acceptors (Lipinski definition) is 7. The van der Waals surface area contributed by atoms with E-state index in [4.69, 9.17) is 24.5 Å². The Morgan fingerprint density at radius 3 is 2.19 bits per heavy atom. The Morgan fingerprint density at radius 1 is 1.16 bits per heavy atom. The second kappa shape index (κ2) is 13.3. The lowest BCUT2D eigenvalue weighted by molar-refractivity contribution is -0.193. The third-order valence-corrected chi connectivity index (χ3v) is 5.85. The molecule has 2 saturated heterocycles. The SMILES string of the molecule is CS(=O)(=O)NC[C@@H]1CCC[C@]2(CCN(Cc3cccnc3)C2)O1.O=C(O)C(F)(F)F.O=C(O)C(F)(F)F. The first-order valence-electron chi connectivity index (χ1n) is 10.7. The minimum Gasteiger partial charge on any atom is -0.475 e. The summed E-state index contributed by atoms with van der Waals surface area (Å²) < 4.78 is 94.9. The zero-order chi connectivity index (χ0) is 28.5. The molecule has 37 heavy (non-hydrogen) atoms. The topological polar surface area (TPSA) is 146 Å². The molecule has 1 spiro atoms. The van der Waals surface area contributed by atoms with Gasteiger partial charge in [0.1, 0.15) is 0 Å². The van der Waals surface area contributed by atoms with Crippen LogP contribution in [0.1, 0.15) is 31.2 Å². The molecule has 0 saturated carbocycles. The molecule has 0 aromatic carbocycles. The minimum atomic E-state index is -5.08. The molecular weight excluding hydrogens is 540 g/mol. The molecule has 0 amide bonds. The van der Waals surface area contributed by atoms with E-state index in [0.29, 0.717) is 6.54 Å². The number of sulfonamides is 1. The number of carbonyl (C=O) groups is 2. The number of rotatable bonds is 5. The van der Waals surface area contributed by atoms with Gasteiger partial charge in [-0.05, 0) is 37.3 Å². The Bertz CT molecular complexity index is 968. The third kappa shape index (κ3) is 13.0. The first-order valence-corrected chi connectivity index (χ1v) is 12.6. The Balaban J connectivity index is 0.000000404. The van der Waals surface area contributed by atoms with Crippen molar-refractivity contribution >= 4 is 22.0 Å². The van der Waals surface area contributed by atoms with Gasteiger partial charge in [0.05, 0.1) is 18.0 Å². The van der Waals surface area contributed by atoms with Crippen LogP contribution in [0.3, 0.4) is 0 Å². The van der Waals surface area contributed by atoms with Crippen LogP contribution in [-0.4, -0.2) is 90.4 Å². The molecule has 3 heterocycles. The maximum Gasteiger partial charge on any atom is 0.490 e. The molecule has 2 aliphatic rings. The number of alkyl halides is 6. The van der Waals surface area contributed by atoms with E-state index in [2.05, 4.69) is 20.7 Å². The van der Waals surface area contributed by atoms with Crippen molar-refractivity contribution < 1.29 is 59.3 Å². The van der Waals surface area contributed by atoms with Crippen LogP contribution in [0.15, 0.2) is 24.5 Å². The van der Waals surface area contributed by atoms with Crippen LogP contribution in [0, 0.1) is 0 Å². The fourth-order valence-electron chi connectivity index (χ4n) is 3.62. The van der Waals surface area contributed by atoms with Crippen LogP contribution < -0.4 is 4.72 Å². The molecule has 0 bridgehead atoms. The fourth-order valence-corrected chi connectivity index (χ4v) is 4.11. The van der Waals surface area contributed by atoms with Gasteiger partial charge in [0.15, 0.2) is 0 Å². The smallest absolute Gasteiger partial charge is 0.475 e. The van der Waals surface area contributed by atoms with E-state index in [9.17, 15) is 34.8 Å². The highest BCUT2D eigenvalue weighted by Gasteiger charge is 2.43. The number of carboxylic acid groups (broad SMARTS) is 2. The average Bonchev–Trinajstić information content (AvgIpc) is 3.13. The first-order chi connectivity index (χ1) is 16.8. The lowest BCUT2D eigenvalue weighted by atomic mass is 9.90. The van der Waals surface area contributed by atoms with Crippen molar-refractivity contribution in [3.8, 4) is 0 Å². The summed E-state index contributed by atoms with van der Waals surface area (Å²) in [4.78, 5) is 24.4. The molecule has 2 aliphatic heterocycles. The van der Waals surface area contributed by atoms with Gasteiger partial charge in [-0.3, -0.25) is 9.88 Å². The molecule has 0 aliphatic carbocycles. The van der Waals surface area contributed by atoms with E-state index in [1.807, 2.05) is 12.3 Å². The Kier molecular flexibility index (Phi) is 11.7. The van der Waals surface area contributed by atoms with E-state index in [1.165, 1.54) is 11.8 Å². The molecule has 3 rings (SSSR count). The summed E-state index contributed by atoms with van der Waals surface area (Å²) in [7, 11) is -3.16. The van der Waals surface area contributed by atoms with Crippen molar-refractivity contribution in [3.05, 3.63) is 30.1 Å². The molecule has 0 unspecified atom stereocenters. The quantitative estimate of drug-likeness (QED) is 0.457. The summed E-state index contributed by atoms with van der Waals surface area (Å²) in [6, 6.07) is 4.06. The first kappa shape index (κ1) is 32.5. The van der Waals surface area contributed by atoms with Crippen LogP contribution in [0.2, 0.25) is 0 Å². The van der Waals surface area contributed by atoms with Crippen LogP contribution in [0.4, 0.5) is 26.3 Å². The molecule has 1 aromatic heterocycles. The van der Waals surface area contributed by atoms with Gasteiger partial charge < -0.3 is 14.9 Å². The van der Waals surface area contributed by atoms with Crippen molar-refractivity contribution in [2.45, 2.75) is 56.3 Å². The van der Waals surface area contributed by atoms with Crippen LogP contribution in [0.5, 0.6) is 0 Å². The normalized spacial score (nSPS) is 22.4. The second-order valence-corrected chi connectivity index (χ2v) is 10.2. The van der Waals surface area contributed by atoms with Gasteiger partial charge in [-0.1, -0.05) is 6.07 Å². The third-order valence-electron chi connectivity index (χ3n) is 5.16. The number of carboxylic acids is 2. The van der Waals surface area contributed by atoms with E-state index in [-0.39, 0.29) is 11.7 Å². The van der Waals surface area contributed by atoms with Gasteiger partial charge in [0, 0.05) is 38.6 Å². The van der Waals surface area contributed by atoms with Crippen molar-refractivity contribution in [2.75, 3.05) is 25.9 Å². The summed E-state index contributed by atoms with van der Waals surface area (Å²) in [5, 5.41) is 14.2. The summed E-state index contributed by atoms with van der Waals surface area (Å²) in [5.41, 5.74) is 1.11. The van der Waals surface area contributed by atoms with Gasteiger partial charge >= 0.3 is 24.3 Å². The van der Waals surface area contributed by atoms with Crippen molar-refractivity contribution in [2.24, 2.45) is 0 Å². The van der Waals surface area contributed by atoms with E-state index in [1.54, 1.807) is 6.20 Å². The minimum absolute atomic E-state index is 0.0168. The number of aliphatic carboxylic acids is 2.